The molecule has 3 amide bonds. The van der Waals surface area contributed by atoms with Gasteiger partial charge in [0.25, 0.3) is 0 Å². The Balaban J connectivity index is 2.07. The fourth-order valence-electron chi connectivity index (χ4n) is 2.27. The van der Waals surface area contributed by atoms with Gasteiger partial charge in [0, 0.05) is 24.2 Å². The highest BCUT2D eigenvalue weighted by molar-refractivity contribution is 6.39. The van der Waals surface area contributed by atoms with E-state index in [1.807, 2.05) is 0 Å². The number of carbonyl (C=O) groups is 3. The van der Waals surface area contributed by atoms with Crippen LogP contribution in [-0.2, 0) is 14.4 Å². The molecule has 0 aliphatic carbocycles. The van der Waals surface area contributed by atoms with E-state index in [2.05, 4.69) is 16.0 Å². The predicted molar refractivity (Wildman–Crippen MR) is 92.2 cm³/mol. The minimum absolute atomic E-state index is 0.0172. The molecule has 0 saturated carbocycles. The Bertz CT molecular complexity index is 903. The standard InChI is InChI=1S/C18H16F3N3O3/c1-9(13-5-3-11(19)7-15(13)21)22-17(26)18(27)24-16-8-12(23-10(2)25)4-6-14(16)20/h3-9H,1-2H3,(H,22,26)(H,23,25)(H,24,27). The highest BCUT2D eigenvalue weighted by atomic mass is 19.1. The van der Waals surface area contributed by atoms with E-state index in [0.29, 0.717) is 6.07 Å². The van der Waals surface area contributed by atoms with Gasteiger partial charge in [0.1, 0.15) is 17.5 Å². The van der Waals surface area contributed by atoms with Crippen LogP contribution in [0.1, 0.15) is 25.5 Å². The first kappa shape index (κ1) is 20.0. The molecule has 0 bridgehead atoms. The van der Waals surface area contributed by atoms with E-state index < -0.39 is 41.2 Å². The van der Waals surface area contributed by atoms with E-state index in [4.69, 9.17) is 0 Å². The molecule has 142 valence electrons. The number of nitrogens with one attached hydrogen (secondary N) is 3. The van der Waals surface area contributed by atoms with Crippen molar-refractivity contribution in [2.45, 2.75) is 19.9 Å². The van der Waals surface area contributed by atoms with Gasteiger partial charge in [0.2, 0.25) is 5.91 Å². The van der Waals surface area contributed by atoms with E-state index in [0.717, 1.165) is 24.3 Å². The molecule has 0 aliphatic heterocycles. The fourth-order valence-corrected chi connectivity index (χ4v) is 2.27. The molecule has 2 aromatic carbocycles. The first-order valence-electron chi connectivity index (χ1n) is 7.81. The number of halogens is 3. The van der Waals surface area contributed by atoms with Crippen molar-refractivity contribution < 1.29 is 27.6 Å². The number of benzene rings is 2. The predicted octanol–water partition coefficient (Wildman–Crippen LogP) is 2.88. The van der Waals surface area contributed by atoms with Crippen molar-refractivity contribution in [3.8, 4) is 0 Å². The molecule has 0 aromatic heterocycles. The van der Waals surface area contributed by atoms with Crippen LogP contribution >= 0.6 is 0 Å². The Morgan fingerprint density at radius 3 is 2.22 bits per heavy atom. The fraction of sp³-hybridized carbons (Fsp3) is 0.167. The molecular formula is C18H16F3N3O3. The Morgan fingerprint density at radius 2 is 1.59 bits per heavy atom. The smallest absolute Gasteiger partial charge is 0.313 e. The van der Waals surface area contributed by atoms with Crippen LogP contribution in [0.3, 0.4) is 0 Å². The molecule has 3 N–H and O–H groups in total. The van der Waals surface area contributed by atoms with Crippen LogP contribution in [0.15, 0.2) is 36.4 Å². The topological polar surface area (TPSA) is 87.3 Å². The minimum atomic E-state index is -1.19. The lowest BCUT2D eigenvalue weighted by molar-refractivity contribution is -0.136. The van der Waals surface area contributed by atoms with Gasteiger partial charge in [0.15, 0.2) is 0 Å². The van der Waals surface area contributed by atoms with Crippen molar-refractivity contribution in [1.82, 2.24) is 5.32 Å². The SMILES string of the molecule is CC(=O)Nc1ccc(F)c(NC(=O)C(=O)NC(C)c2ccc(F)cc2F)c1. The second kappa shape index (κ2) is 8.35. The van der Waals surface area contributed by atoms with Gasteiger partial charge in [-0.3, -0.25) is 14.4 Å². The van der Waals surface area contributed by atoms with Crippen LogP contribution in [0.4, 0.5) is 24.5 Å². The third-order valence-electron chi connectivity index (χ3n) is 3.52. The molecule has 27 heavy (non-hydrogen) atoms. The molecule has 2 aromatic rings. The van der Waals surface area contributed by atoms with Gasteiger partial charge in [-0.2, -0.15) is 0 Å². The van der Waals surface area contributed by atoms with Crippen molar-refractivity contribution in [2.24, 2.45) is 0 Å². The number of hydrogen-bond acceptors (Lipinski definition) is 3. The molecule has 0 fully saturated rings. The van der Waals surface area contributed by atoms with Gasteiger partial charge < -0.3 is 16.0 Å². The second-order valence-electron chi connectivity index (χ2n) is 5.69. The summed E-state index contributed by atoms with van der Waals surface area (Å²) in [5.41, 5.74) is -0.111. The monoisotopic (exact) mass is 379 g/mol. The van der Waals surface area contributed by atoms with Gasteiger partial charge in [0.05, 0.1) is 11.7 Å². The molecule has 9 heteroatoms. The molecule has 6 nitrogen and oxygen atoms in total. The normalized spacial score (nSPS) is 11.4. The van der Waals surface area contributed by atoms with Gasteiger partial charge in [-0.25, -0.2) is 13.2 Å². The highest BCUT2D eigenvalue weighted by Crippen LogP contribution is 2.20. The molecule has 2 rings (SSSR count). The van der Waals surface area contributed by atoms with Crippen LogP contribution in [-0.4, -0.2) is 17.7 Å². The second-order valence-corrected chi connectivity index (χ2v) is 5.69. The van der Waals surface area contributed by atoms with Crippen molar-refractivity contribution >= 4 is 29.1 Å². The largest absolute Gasteiger partial charge is 0.341 e. The van der Waals surface area contributed by atoms with Crippen molar-refractivity contribution in [1.29, 1.82) is 0 Å². The van der Waals surface area contributed by atoms with Crippen LogP contribution in [0.25, 0.3) is 0 Å². The Hall–Kier alpha value is -3.36. The summed E-state index contributed by atoms with van der Waals surface area (Å²) in [5, 5.41) is 6.72. The Labute approximate surface area is 152 Å². The van der Waals surface area contributed by atoms with Crippen LogP contribution in [0.2, 0.25) is 0 Å². The molecule has 0 spiro atoms. The first-order chi connectivity index (χ1) is 12.7. The number of rotatable bonds is 4. The number of amides is 3. The lowest BCUT2D eigenvalue weighted by Gasteiger charge is -2.15. The van der Waals surface area contributed by atoms with Crippen molar-refractivity contribution in [3.63, 3.8) is 0 Å². The zero-order valence-corrected chi connectivity index (χ0v) is 14.4. The summed E-state index contributed by atoms with van der Waals surface area (Å²) in [4.78, 5) is 35.0. The van der Waals surface area contributed by atoms with Crippen molar-refractivity contribution in [2.75, 3.05) is 10.6 Å². The van der Waals surface area contributed by atoms with Crippen molar-refractivity contribution in [3.05, 3.63) is 59.4 Å². The summed E-state index contributed by atoms with van der Waals surface area (Å²) >= 11 is 0. The maximum atomic E-state index is 13.8. The van der Waals surface area contributed by atoms with E-state index in [-0.39, 0.29) is 16.9 Å². The Morgan fingerprint density at radius 1 is 0.889 bits per heavy atom. The van der Waals surface area contributed by atoms with Gasteiger partial charge in [-0.15, -0.1) is 0 Å². The number of carbonyl (C=O) groups excluding carboxylic acids is 3. The van der Waals surface area contributed by atoms with E-state index in [9.17, 15) is 27.6 Å². The molecule has 0 saturated heterocycles. The summed E-state index contributed by atoms with van der Waals surface area (Å²) in [7, 11) is 0. The van der Waals surface area contributed by atoms with Crippen LogP contribution in [0, 0.1) is 17.5 Å². The average molecular weight is 379 g/mol. The molecule has 0 radical (unpaired) electrons. The van der Waals surface area contributed by atoms with Crippen LogP contribution < -0.4 is 16.0 Å². The molecule has 1 atom stereocenters. The zero-order chi connectivity index (χ0) is 20.1. The van der Waals surface area contributed by atoms with E-state index >= 15 is 0 Å². The lowest BCUT2D eigenvalue weighted by atomic mass is 10.1. The Kier molecular flexibility index (Phi) is 6.17. The maximum absolute atomic E-state index is 13.8. The summed E-state index contributed by atoms with van der Waals surface area (Å²) in [5.74, 6) is -5.20. The van der Waals surface area contributed by atoms with Gasteiger partial charge in [-0.05, 0) is 31.2 Å². The summed E-state index contributed by atoms with van der Waals surface area (Å²) in [6.45, 7) is 2.66. The van der Waals surface area contributed by atoms with E-state index in [1.54, 1.807) is 0 Å². The summed E-state index contributed by atoms with van der Waals surface area (Å²) in [6, 6.07) is 5.32. The molecule has 1 unspecified atom stereocenters. The summed E-state index contributed by atoms with van der Waals surface area (Å²) in [6.07, 6.45) is 0. The van der Waals surface area contributed by atoms with Crippen LogP contribution in [0.5, 0.6) is 0 Å². The average Bonchev–Trinajstić information content (AvgIpc) is 2.57. The number of anilines is 2. The quantitative estimate of drug-likeness (QED) is 0.714. The molecule has 0 heterocycles. The first-order valence-corrected chi connectivity index (χ1v) is 7.81. The zero-order valence-electron chi connectivity index (χ0n) is 14.4. The molecular weight excluding hydrogens is 363 g/mol. The third-order valence-corrected chi connectivity index (χ3v) is 3.52. The summed E-state index contributed by atoms with van der Waals surface area (Å²) < 4.78 is 40.5. The van der Waals surface area contributed by atoms with E-state index in [1.165, 1.54) is 19.9 Å². The van der Waals surface area contributed by atoms with Gasteiger partial charge >= 0.3 is 11.8 Å². The lowest BCUT2D eigenvalue weighted by Crippen LogP contribution is -2.37. The molecule has 0 aliphatic rings. The maximum Gasteiger partial charge on any atom is 0.313 e. The van der Waals surface area contributed by atoms with Gasteiger partial charge in [-0.1, -0.05) is 6.07 Å². The number of hydrogen-bond donors (Lipinski definition) is 3. The minimum Gasteiger partial charge on any atom is -0.341 e. The highest BCUT2D eigenvalue weighted by Gasteiger charge is 2.20. The third kappa shape index (κ3) is 5.30.